The molecule has 25 heavy (non-hydrogen) atoms. The number of piperazine rings is 1. The van der Waals surface area contributed by atoms with Gasteiger partial charge in [0.15, 0.2) is 5.96 Å². The highest BCUT2D eigenvalue weighted by Gasteiger charge is 2.41. The molecule has 0 radical (unpaired) electrons. The molecule has 2 rings (SSSR count). The summed E-state index contributed by atoms with van der Waals surface area (Å²) in [5, 5.41) is 5.45. The maximum atomic E-state index is 12.9. The molecular weight excluding hydrogens is 349 g/mol. The van der Waals surface area contributed by atoms with E-state index >= 15 is 0 Å². The zero-order valence-corrected chi connectivity index (χ0v) is 16.0. The molecule has 0 bridgehead atoms. The third-order valence-electron chi connectivity index (χ3n) is 4.72. The van der Waals surface area contributed by atoms with Crippen molar-refractivity contribution in [2.75, 3.05) is 39.8 Å². The normalized spacial score (nSPS) is 19.2. The van der Waals surface area contributed by atoms with Gasteiger partial charge in [-0.2, -0.15) is 13.2 Å². The van der Waals surface area contributed by atoms with Crippen LogP contribution in [0, 0.1) is 0 Å². The molecule has 1 aromatic heterocycles. The van der Waals surface area contributed by atoms with Crippen molar-refractivity contribution in [1.29, 1.82) is 0 Å². The van der Waals surface area contributed by atoms with Crippen LogP contribution in [-0.2, 0) is 5.41 Å². The van der Waals surface area contributed by atoms with Crippen molar-refractivity contribution in [3.8, 4) is 0 Å². The van der Waals surface area contributed by atoms with Gasteiger partial charge in [-0.15, -0.1) is 11.3 Å². The van der Waals surface area contributed by atoms with Gasteiger partial charge in [0.05, 0.1) is 0 Å². The molecule has 2 heterocycles. The maximum Gasteiger partial charge on any atom is 0.403 e. The van der Waals surface area contributed by atoms with Crippen LogP contribution in [0.2, 0.25) is 0 Å². The summed E-state index contributed by atoms with van der Waals surface area (Å²) in [6, 6.07) is 2.76. The van der Waals surface area contributed by atoms with Crippen molar-refractivity contribution < 1.29 is 13.2 Å². The number of nitrogens with zero attached hydrogens (tertiary/aromatic N) is 3. The minimum atomic E-state index is -4.17. The van der Waals surface area contributed by atoms with Crippen molar-refractivity contribution >= 4 is 17.3 Å². The van der Waals surface area contributed by atoms with Crippen LogP contribution in [-0.4, -0.2) is 67.7 Å². The lowest BCUT2D eigenvalue weighted by Gasteiger charge is -2.40. The monoisotopic (exact) mass is 376 g/mol. The molecule has 0 amide bonds. The third kappa shape index (κ3) is 5.10. The highest BCUT2D eigenvalue weighted by molar-refractivity contribution is 7.10. The second-order valence-electron chi connectivity index (χ2n) is 7.00. The molecule has 0 aliphatic carbocycles. The molecule has 1 aliphatic rings. The number of hydrogen-bond acceptors (Lipinski definition) is 3. The molecule has 1 fully saturated rings. The molecule has 1 aliphatic heterocycles. The molecule has 0 aromatic carbocycles. The molecule has 1 N–H and O–H groups in total. The van der Waals surface area contributed by atoms with Crippen molar-refractivity contribution in [2.45, 2.75) is 38.4 Å². The first-order chi connectivity index (χ1) is 11.6. The van der Waals surface area contributed by atoms with E-state index in [-0.39, 0.29) is 5.41 Å². The fourth-order valence-corrected chi connectivity index (χ4v) is 3.76. The van der Waals surface area contributed by atoms with E-state index < -0.39 is 12.2 Å². The molecule has 1 unspecified atom stereocenters. The van der Waals surface area contributed by atoms with Crippen LogP contribution < -0.4 is 5.32 Å². The highest BCUT2D eigenvalue weighted by atomic mass is 32.1. The summed E-state index contributed by atoms with van der Waals surface area (Å²) in [4.78, 5) is 9.12. The van der Waals surface area contributed by atoms with Crippen molar-refractivity contribution in [2.24, 2.45) is 4.99 Å². The molecule has 1 aromatic rings. The standard InChI is InChI=1S/C17H27F3N4S/c1-13(17(18,19)20)23-7-9-24(10-8-23)15(21-4)22-12-16(2,3)14-6-5-11-25-14/h5-6,11,13H,7-10,12H2,1-4H3,(H,21,22). The van der Waals surface area contributed by atoms with Gasteiger partial charge >= 0.3 is 6.18 Å². The Hall–Kier alpha value is -1.28. The Morgan fingerprint density at radius 3 is 2.40 bits per heavy atom. The number of nitrogens with one attached hydrogen (secondary N) is 1. The van der Waals surface area contributed by atoms with Crippen LogP contribution in [0.25, 0.3) is 0 Å². The number of alkyl halides is 3. The van der Waals surface area contributed by atoms with Gasteiger partial charge in [-0.3, -0.25) is 9.89 Å². The lowest BCUT2D eigenvalue weighted by molar-refractivity contribution is -0.181. The number of thiophene rings is 1. The van der Waals surface area contributed by atoms with Gasteiger partial charge in [-0.05, 0) is 18.4 Å². The van der Waals surface area contributed by atoms with Crippen LogP contribution in [0.1, 0.15) is 25.6 Å². The van der Waals surface area contributed by atoms with Gasteiger partial charge in [0.2, 0.25) is 0 Å². The van der Waals surface area contributed by atoms with Crippen molar-refractivity contribution in [3.63, 3.8) is 0 Å². The van der Waals surface area contributed by atoms with Crippen LogP contribution >= 0.6 is 11.3 Å². The Morgan fingerprint density at radius 1 is 1.28 bits per heavy atom. The minimum absolute atomic E-state index is 0.0310. The summed E-state index contributed by atoms with van der Waals surface area (Å²) in [6.45, 7) is 8.14. The first-order valence-corrected chi connectivity index (χ1v) is 9.33. The average Bonchev–Trinajstić information content (AvgIpc) is 3.10. The van der Waals surface area contributed by atoms with Gasteiger partial charge in [0, 0.05) is 50.1 Å². The van der Waals surface area contributed by atoms with Crippen LogP contribution in [0.4, 0.5) is 13.2 Å². The SMILES string of the molecule is CN=C(NCC(C)(C)c1cccs1)N1CCN(C(C)C(F)(F)F)CC1. The van der Waals surface area contributed by atoms with E-state index in [2.05, 4.69) is 35.6 Å². The predicted octanol–water partition coefficient (Wildman–Crippen LogP) is 3.17. The predicted molar refractivity (Wildman–Crippen MR) is 97.4 cm³/mol. The Morgan fingerprint density at radius 2 is 1.92 bits per heavy atom. The minimum Gasteiger partial charge on any atom is -0.355 e. The molecule has 1 atom stereocenters. The van der Waals surface area contributed by atoms with E-state index in [4.69, 9.17) is 0 Å². The highest BCUT2D eigenvalue weighted by Crippen LogP contribution is 2.27. The Balaban J connectivity index is 1.89. The van der Waals surface area contributed by atoms with Crippen LogP contribution in [0.5, 0.6) is 0 Å². The molecule has 4 nitrogen and oxygen atoms in total. The largest absolute Gasteiger partial charge is 0.403 e. The Bertz CT molecular complexity index is 561. The number of aliphatic imine (C=N–C) groups is 1. The lowest BCUT2D eigenvalue weighted by Crippen LogP contribution is -2.57. The van der Waals surface area contributed by atoms with Gasteiger partial charge in [-0.25, -0.2) is 0 Å². The fourth-order valence-electron chi connectivity index (χ4n) is 2.91. The molecule has 8 heteroatoms. The molecule has 142 valence electrons. The maximum absolute atomic E-state index is 12.9. The molecular formula is C17H27F3N4S. The number of rotatable bonds is 4. The average molecular weight is 376 g/mol. The van der Waals surface area contributed by atoms with E-state index in [9.17, 15) is 13.2 Å². The summed E-state index contributed by atoms with van der Waals surface area (Å²) in [6.07, 6.45) is -4.17. The lowest BCUT2D eigenvalue weighted by atomic mass is 9.91. The Kier molecular flexibility index (Phi) is 6.37. The topological polar surface area (TPSA) is 30.9 Å². The van der Waals surface area contributed by atoms with Gasteiger partial charge in [0.1, 0.15) is 6.04 Å². The van der Waals surface area contributed by atoms with E-state index in [1.165, 1.54) is 16.7 Å². The quantitative estimate of drug-likeness (QED) is 0.647. The first-order valence-electron chi connectivity index (χ1n) is 8.45. The summed E-state index contributed by atoms with van der Waals surface area (Å²) < 4.78 is 38.6. The molecule has 0 spiro atoms. The number of hydrogen-bond donors (Lipinski definition) is 1. The van der Waals surface area contributed by atoms with E-state index in [0.29, 0.717) is 26.2 Å². The first kappa shape index (κ1) is 20.0. The van der Waals surface area contributed by atoms with E-state index in [1.54, 1.807) is 18.4 Å². The summed E-state index contributed by atoms with van der Waals surface area (Å²) in [5.74, 6) is 0.754. The summed E-state index contributed by atoms with van der Waals surface area (Å²) in [7, 11) is 1.71. The van der Waals surface area contributed by atoms with Gasteiger partial charge < -0.3 is 10.2 Å². The third-order valence-corrected chi connectivity index (χ3v) is 5.96. The summed E-state index contributed by atoms with van der Waals surface area (Å²) >= 11 is 1.72. The second kappa shape index (κ2) is 7.95. The van der Waals surface area contributed by atoms with Crippen molar-refractivity contribution in [1.82, 2.24) is 15.1 Å². The summed E-state index contributed by atoms with van der Waals surface area (Å²) in [5.41, 5.74) is -0.0310. The second-order valence-corrected chi connectivity index (χ2v) is 7.95. The molecule has 1 saturated heterocycles. The van der Waals surface area contributed by atoms with Crippen molar-refractivity contribution in [3.05, 3.63) is 22.4 Å². The van der Waals surface area contributed by atoms with Crippen LogP contribution in [0.3, 0.4) is 0 Å². The zero-order chi connectivity index (χ0) is 18.7. The van der Waals surface area contributed by atoms with Crippen LogP contribution in [0.15, 0.2) is 22.5 Å². The smallest absolute Gasteiger partial charge is 0.355 e. The fraction of sp³-hybridized carbons (Fsp3) is 0.706. The molecule has 0 saturated carbocycles. The number of guanidine groups is 1. The van der Waals surface area contributed by atoms with E-state index in [0.717, 1.165) is 12.5 Å². The number of halogens is 3. The van der Waals surface area contributed by atoms with Gasteiger partial charge in [-0.1, -0.05) is 19.9 Å². The Labute approximate surface area is 151 Å². The van der Waals surface area contributed by atoms with E-state index in [1.807, 2.05) is 11.0 Å². The van der Waals surface area contributed by atoms with Gasteiger partial charge in [0.25, 0.3) is 0 Å². The zero-order valence-electron chi connectivity index (χ0n) is 15.2.